The quantitative estimate of drug-likeness (QED) is 0.357. The predicted octanol–water partition coefficient (Wildman–Crippen LogP) is 3.51. The summed E-state index contributed by atoms with van der Waals surface area (Å²) in [5, 5.41) is 0. The molecule has 0 rings (SSSR count). The number of rotatable bonds is 8. The Morgan fingerprint density at radius 3 is 2.67 bits per heavy atom. The SMILES string of the molecule is CC=CCCS[B]C(=O)C(C)C(C)CC. The van der Waals surface area contributed by atoms with Gasteiger partial charge in [0.15, 0.2) is 0 Å². The van der Waals surface area contributed by atoms with Crippen molar-refractivity contribution in [2.45, 2.75) is 40.5 Å². The molecule has 0 fully saturated rings. The number of hydrogen-bond acceptors (Lipinski definition) is 2. The number of carbonyl (C=O) groups excluding carboxylic acids is 1. The molecule has 85 valence electrons. The average Bonchev–Trinajstić information content (AvgIpc) is 2.26. The first-order chi connectivity index (χ1) is 7.13. The molecule has 2 unspecified atom stereocenters. The first-order valence-corrected chi connectivity index (χ1v) is 6.78. The van der Waals surface area contributed by atoms with E-state index >= 15 is 0 Å². The van der Waals surface area contributed by atoms with E-state index in [1.807, 2.05) is 19.9 Å². The van der Waals surface area contributed by atoms with Crippen molar-refractivity contribution in [2.24, 2.45) is 11.8 Å². The molecule has 3 heteroatoms. The molecule has 1 radical (unpaired) electrons. The molecule has 0 bridgehead atoms. The largest absolute Gasteiger partial charge is 0.310 e. The summed E-state index contributed by atoms with van der Waals surface area (Å²) >= 11 is 1.63. The smallest absolute Gasteiger partial charge is 0.279 e. The van der Waals surface area contributed by atoms with Gasteiger partial charge in [-0.2, -0.15) is 0 Å². The second-order valence-corrected chi connectivity index (χ2v) is 4.90. The van der Waals surface area contributed by atoms with E-state index in [1.165, 1.54) is 0 Å². The highest BCUT2D eigenvalue weighted by atomic mass is 32.2. The Balaban J connectivity index is 3.64. The van der Waals surface area contributed by atoms with Gasteiger partial charge in [-0.05, 0) is 25.0 Å². The van der Waals surface area contributed by atoms with Gasteiger partial charge in [0, 0.05) is 5.92 Å². The van der Waals surface area contributed by atoms with E-state index in [4.69, 9.17) is 0 Å². The van der Waals surface area contributed by atoms with Gasteiger partial charge in [-0.25, -0.2) is 11.6 Å². The summed E-state index contributed by atoms with van der Waals surface area (Å²) in [6.45, 7) is 10.1. The molecule has 0 spiro atoms. The maximum absolute atomic E-state index is 11.7. The van der Waals surface area contributed by atoms with Gasteiger partial charge in [0.25, 0.3) is 6.56 Å². The van der Waals surface area contributed by atoms with Crippen molar-refractivity contribution < 1.29 is 4.79 Å². The van der Waals surface area contributed by atoms with Crippen LogP contribution in [0.4, 0.5) is 0 Å². The number of allylic oxidation sites excluding steroid dienone is 2. The topological polar surface area (TPSA) is 17.1 Å². The van der Waals surface area contributed by atoms with Crippen molar-refractivity contribution in [3.63, 3.8) is 0 Å². The fraction of sp³-hybridized carbons (Fsp3) is 0.750. The molecule has 0 aliphatic carbocycles. The van der Waals surface area contributed by atoms with Crippen LogP contribution in [-0.2, 0) is 4.79 Å². The van der Waals surface area contributed by atoms with Gasteiger partial charge in [0.1, 0.15) is 5.68 Å². The maximum atomic E-state index is 11.7. The molecule has 0 aliphatic heterocycles. The summed E-state index contributed by atoms with van der Waals surface area (Å²) in [4.78, 5) is 11.7. The highest BCUT2D eigenvalue weighted by molar-refractivity contribution is 8.24. The van der Waals surface area contributed by atoms with E-state index in [1.54, 1.807) is 18.2 Å². The van der Waals surface area contributed by atoms with Gasteiger partial charge in [0.05, 0.1) is 0 Å². The van der Waals surface area contributed by atoms with Crippen LogP contribution in [0, 0.1) is 11.8 Å². The van der Waals surface area contributed by atoms with Crippen molar-refractivity contribution in [3.8, 4) is 0 Å². The fourth-order valence-electron chi connectivity index (χ4n) is 1.19. The van der Waals surface area contributed by atoms with Crippen LogP contribution in [0.3, 0.4) is 0 Å². The van der Waals surface area contributed by atoms with E-state index < -0.39 is 0 Å². The first kappa shape index (κ1) is 14.8. The van der Waals surface area contributed by atoms with Crippen LogP contribution in [0.15, 0.2) is 12.2 Å². The van der Waals surface area contributed by atoms with Crippen LogP contribution in [0.25, 0.3) is 0 Å². The summed E-state index contributed by atoms with van der Waals surface area (Å²) < 4.78 is 0. The monoisotopic (exact) mass is 225 g/mol. The zero-order valence-corrected chi connectivity index (χ0v) is 11.1. The second kappa shape index (κ2) is 9.08. The van der Waals surface area contributed by atoms with Crippen LogP contribution in [0.2, 0.25) is 0 Å². The fourth-order valence-corrected chi connectivity index (χ4v) is 1.95. The van der Waals surface area contributed by atoms with Crippen LogP contribution in [0.5, 0.6) is 0 Å². The first-order valence-electron chi connectivity index (χ1n) is 5.73. The molecule has 0 N–H and O–H groups in total. The van der Waals surface area contributed by atoms with E-state index in [0.717, 1.165) is 18.6 Å². The Morgan fingerprint density at radius 1 is 1.47 bits per heavy atom. The zero-order valence-electron chi connectivity index (χ0n) is 10.3. The van der Waals surface area contributed by atoms with E-state index in [9.17, 15) is 4.79 Å². The second-order valence-electron chi connectivity index (χ2n) is 3.92. The normalized spacial score (nSPS) is 15.2. The molecule has 0 aromatic rings. The minimum Gasteiger partial charge on any atom is -0.310 e. The van der Waals surface area contributed by atoms with Gasteiger partial charge < -0.3 is 4.79 Å². The van der Waals surface area contributed by atoms with Crippen molar-refractivity contribution in [1.29, 1.82) is 0 Å². The maximum Gasteiger partial charge on any atom is 0.279 e. The molecule has 2 atom stereocenters. The third kappa shape index (κ3) is 6.83. The van der Waals surface area contributed by atoms with Gasteiger partial charge in [-0.1, -0.05) is 39.3 Å². The van der Waals surface area contributed by atoms with Crippen LogP contribution >= 0.6 is 11.6 Å². The Bertz CT molecular complexity index is 204. The molecular weight excluding hydrogens is 203 g/mol. The highest BCUT2D eigenvalue weighted by Gasteiger charge is 2.18. The van der Waals surface area contributed by atoms with E-state index in [2.05, 4.69) is 19.9 Å². The van der Waals surface area contributed by atoms with Crippen molar-refractivity contribution in [2.75, 3.05) is 5.75 Å². The molecule has 0 saturated carbocycles. The van der Waals surface area contributed by atoms with Gasteiger partial charge in [0.2, 0.25) is 0 Å². The van der Waals surface area contributed by atoms with E-state index in [0.29, 0.717) is 5.92 Å². The lowest BCUT2D eigenvalue weighted by molar-refractivity contribution is -0.116. The molecule has 0 amide bonds. The summed E-state index contributed by atoms with van der Waals surface area (Å²) in [5.41, 5.74) is 0.287. The van der Waals surface area contributed by atoms with Gasteiger partial charge in [-0.3, -0.25) is 0 Å². The van der Waals surface area contributed by atoms with E-state index in [-0.39, 0.29) is 11.6 Å². The molecular formula is C12H22BOS. The lowest BCUT2D eigenvalue weighted by Gasteiger charge is -2.16. The standard InChI is InChI=1S/C12H22BOS/c1-5-7-8-9-15-13-12(14)11(4)10(3)6-2/h5,7,10-11H,6,8-9H2,1-4H3. The average molecular weight is 225 g/mol. The Hall–Kier alpha value is -0.175. The molecule has 0 heterocycles. The molecule has 1 nitrogen and oxygen atoms in total. The van der Waals surface area contributed by atoms with Crippen molar-refractivity contribution >= 4 is 23.9 Å². The molecule has 0 aliphatic rings. The number of hydrogen-bond donors (Lipinski definition) is 0. The molecule has 0 aromatic heterocycles. The van der Waals surface area contributed by atoms with Gasteiger partial charge >= 0.3 is 0 Å². The minimum absolute atomic E-state index is 0.171. The van der Waals surface area contributed by atoms with Crippen LogP contribution in [0.1, 0.15) is 40.5 Å². The third-order valence-corrected chi connectivity index (χ3v) is 3.65. The summed E-state index contributed by atoms with van der Waals surface area (Å²) in [6.07, 6.45) is 6.29. The Labute approximate surface area is 99.2 Å². The molecule has 0 aromatic carbocycles. The van der Waals surface area contributed by atoms with Crippen LogP contribution in [-0.4, -0.2) is 18.0 Å². The molecule has 0 saturated heterocycles. The minimum atomic E-state index is 0.171. The van der Waals surface area contributed by atoms with Crippen molar-refractivity contribution in [1.82, 2.24) is 0 Å². The Kier molecular flexibility index (Phi) is 8.97. The summed E-state index contributed by atoms with van der Waals surface area (Å²) in [6, 6.07) is 0. The highest BCUT2D eigenvalue weighted by Crippen LogP contribution is 2.16. The Morgan fingerprint density at radius 2 is 2.13 bits per heavy atom. The predicted molar refractivity (Wildman–Crippen MR) is 71.3 cm³/mol. The third-order valence-electron chi connectivity index (χ3n) is 2.78. The number of carbonyl (C=O) groups is 1. The summed E-state index contributed by atoms with van der Waals surface area (Å²) in [7, 11) is 0. The summed E-state index contributed by atoms with van der Waals surface area (Å²) in [5.74, 6) is 1.66. The van der Waals surface area contributed by atoms with Gasteiger partial charge in [-0.15, -0.1) is 0 Å². The lowest BCUT2D eigenvalue weighted by atomic mass is 9.80. The van der Waals surface area contributed by atoms with Crippen molar-refractivity contribution in [3.05, 3.63) is 12.2 Å². The zero-order chi connectivity index (χ0) is 11.7. The lowest BCUT2D eigenvalue weighted by Crippen LogP contribution is -2.22. The van der Waals surface area contributed by atoms with Crippen LogP contribution < -0.4 is 0 Å². The molecule has 15 heavy (non-hydrogen) atoms.